The van der Waals surface area contributed by atoms with Crippen LogP contribution in [-0.2, 0) is 11.3 Å². The third-order valence-corrected chi connectivity index (χ3v) is 2.62. The second-order valence-electron chi connectivity index (χ2n) is 5.78. The lowest BCUT2D eigenvalue weighted by Crippen LogP contribution is -2.48. The molecule has 130 valence electrons. The largest absolute Gasteiger partial charge is 0.481 e. The number of hydrogen-bond acceptors (Lipinski definition) is 4. The molecule has 0 saturated heterocycles. The van der Waals surface area contributed by atoms with Crippen LogP contribution in [0.1, 0.15) is 26.3 Å². The Morgan fingerprint density at radius 3 is 2.61 bits per heavy atom. The molecule has 0 spiro atoms. The Kier molecular flexibility index (Phi) is 9.54. The van der Waals surface area contributed by atoms with Gasteiger partial charge in [-0.2, -0.15) is 0 Å². The number of carbonyl (C=O) groups is 1. The fourth-order valence-electron chi connectivity index (χ4n) is 1.70. The van der Waals surface area contributed by atoms with Gasteiger partial charge in [-0.05, 0) is 32.4 Å². The van der Waals surface area contributed by atoms with E-state index >= 15 is 0 Å². The van der Waals surface area contributed by atoms with Gasteiger partial charge in [0.2, 0.25) is 11.8 Å². The minimum absolute atomic E-state index is 0. The minimum Gasteiger partial charge on any atom is -0.481 e. The predicted molar refractivity (Wildman–Crippen MR) is 102 cm³/mol. The molecule has 0 bridgehead atoms. The van der Waals surface area contributed by atoms with Crippen LogP contribution < -0.4 is 20.7 Å². The monoisotopic (exact) mass is 435 g/mol. The number of guanidine groups is 1. The van der Waals surface area contributed by atoms with Crippen molar-refractivity contribution in [3.8, 4) is 5.88 Å². The van der Waals surface area contributed by atoms with Crippen molar-refractivity contribution in [2.75, 3.05) is 20.7 Å². The number of hydrogen-bond donors (Lipinski definition) is 3. The average Bonchev–Trinajstić information content (AvgIpc) is 2.46. The Morgan fingerprint density at radius 1 is 1.35 bits per heavy atom. The summed E-state index contributed by atoms with van der Waals surface area (Å²) in [7, 11) is 3.23. The summed E-state index contributed by atoms with van der Waals surface area (Å²) >= 11 is 0. The van der Waals surface area contributed by atoms with Crippen LogP contribution in [0.2, 0.25) is 0 Å². The summed E-state index contributed by atoms with van der Waals surface area (Å²) in [5, 5.41) is 8.98. The number of methoxy groups -OCH3 is 1. The Hall–Kier alpha value is -1.58. The molecule has 0 atom stereocenters. The first-order valence-corrected chi connectivity index (χ1v) is 7.08. The van der Waals surface area contributed by atoms with Crippen LogP contribution in [0.5, 0.6) is 5.88 Å². The molecule has 1 amide bonds. The summed E-state index contributed by atoms with van der Waals surface area (Å²) in [6.45, 7) is 6.54. The normalized spacial score (nSPS) is 11.3. The Morgan fingerprint density at radius 2 is 2.04 bits per heavy atom. The number of halogens is 1. The van der Waals surface area contributed by atoms with E-state index in [-0.39, 0.29) is 42.0 Å². The SMILES string of the molecule is CN=C(NCC(=O)NC(C)(C)C)NCc1ccnc(OC)c1.I. The molecule has 0 unspecified atom stereocenters. The lowest BCUT2D eigenvalue weighted by atomic mass is 10.1. The van der Waals surface area contributed by atoms with Crippen molar-refractivity contribution in [2.24, 2.45) is 4.99 Å². The molecule has 0 aliphatic carbocycles. The Balaban J connectivity index is 0.00000484. The zero-order valence-corrected chi connectivity index (χ0v) is 16.6. The van der Waals surface area contributed by atoms with Crippen LogP contribution in [0.15, 0.2) is 23.3 Å². The first-order chi connectivity index (χ1) is 10.3. The number of pyridine rings is 1. The zero-order chi connectivity index (χ0) is 16.6. The van der Waals surface area contributed by atoms with Crippen molar-refractivity contribution in [3.63, 3.8) is 0 Å². The van der Waals surface area contributed by atoms with Gasteiger partial charge < -0.3 is 20.7 Å². The van der Waals surface area contributed by atoms with E-state index in [1.54, 1.807) is 20.4 Å². The van der Waals surface area contributed by atoms with Crippen LogP contribution in [0, 0.1) is 0 Å². The molecule has 0 saturated carbocycles. The maximum atomic E-state index is 11.8. The molecule has 0 radical (unpaired) electrons. The molecule has 1 aromatic heterocycles. The number of nitrogens with zero attached hydrogens (tertiary/aromatic N) is 2. The quantitative estimate of drug-likeness (QED) is 0.369. The first kappa shape index (κ1) is 21.4. The van der Waals surface area contributed by atoms with E-state index in [1.165, 1.54) is 0 Å². The van der Waals surface area contributed by atoms with Gasteiger partial charge in [-0.1, -0.05) is 0 Å². The highest BCUT2D eigenvalue weighted by atomic mass is 127. The zero-order valence-electron chi connectivity index (χ0n) is 14.3. The van der Waals surface area contributed by atoms with Gasteiger partial charge in [-0.15, -0.1) is 24.0 Å². The summed E-state index contributed by atoms with van der Waals surface area (Å²) in [5.74, 6) is 1.03. The molecular weight excluding hydrogens is 409 g/mol. The van der Waals surface area contributed by atoms with Crippen molar-refractivity contribution in [1.29, 1.82) is 0 Å². The van der Waals surface area contributed by atoms with E-state index in [2.05, 4.69) is 25.9 Å². The predicted octanol–water partition coefficient (Wildman–Crippen LogP) is 1.29. The number of nitrogens with one attached hydrogen (secondary N) is 3. The fraction of sp³-hybridized carbons (Fsp3) is 0.533. The highest BCUT2D eigenvalue weighted by Gasteiger charge is 2.13. The average molecular weight is 435 g/mol. The fourth-order valence-corrected chi connectivity index (χ4v) is 1.70. The second kappa shape index (κ2) is 10.2. The molecule has 1 heterocycles. The topological polar surface area (TPSA) is 87.6 Å². The summed E-state index contributed by atoms with van der Waals surface area (Å²) in [6.07, 6.45) is 1.68. The van der Waals surface area contributed by atoms with Gasteiger partial charge in [0.1, 0.15) is 0 Å². The molecule has 0 aromatic carbocycles. The standard InChI is InChI=1S/C15H25N5O2.HI/c1-15(2,3)20-12(21)10-19-14(16-4)18-9-11-6-7-17-13(8-11)22-5;/h6-8H,9-10H2,1-5H3,(H,20,21)(H2,16,18,19);1H. The Bertz CT molecular complexity index is 529. The van der Waals surface area contributed by atoms with Crippen LogP contribution >= 0.6 is 24.0 Å². The summed E-state index contributed by atoms with van der Waals surface area (Å²) in [4.78, 5) is 19.9. The molecular formula is C15H26IN5O2. The van der Waals surface area contributed by atoms with Crippen LogP contribution in [0.4, 0.5) is 0 Å². The number of amides is 1. The third kappa shape index (κ3) is 9.22. The smallest absolute Gasteiger partial charge is 0.239 e. The molecule has 23 heavy (non-hydrogen) atoms. The van der Waals surface area contributed by atoms with Gasteiger partial charge in [0.25, 0.3) is 0 Å². The lowest BCUT2D eigenvalue weighted by Gasteiger charge is -2.21. The maximum Gasteiger partial charge on any atom is 0.239 e. The third-order valence-electron chi connectivity index (χ3n) is 2.62. The van der Waals surface area contributed by atoms with E-state index in [9.17, 15) is 4.79 Å². The molecule has 1 rings (SSSR count). The molecule has 7 nitrogen and oxygen atoms in total. The van der Waals surface area contributed by atoms with Gasteiger partial charge >= 0.3 is 0 Å². The molecule has 1 aromatic rings. The van der Waals surface area contributed by atoms with Crippen molar-refractivity contribution < 1.29 is 9.53 Å². The second-order valence-corrected chi connectivity index (χ2v) is 5.78. The number of aliphatic imine (C=N–C) groups is 1. The number of aromatic nitrogens is 1. The highest BCUT2D eigenvalue weighted by molar-refractivity contribution is 14.0. The van der Waals surface area contributed by atoms with Gasteiger partial charge in [0.05, 0.1) is 13.7 Å². The molecule has 8 heteroatoms. The van der Waals surface area contributed by atoms with Gasteiger partial charge in [0.15, 0.2) is 5.96 Å². The molecule has 0 aliphatic heterocycles. The number of ether oxygens (including phenoxy) is 1. The molecule has 0 aliphatic rings. The first-order valence-electron chi connectivity index (χ1n) is 7.08. The van der Waals surface area contributed by atoms with E-state index < -0.39 is 0 Å². The molecule has 3 N–H and O–H groups in total. The highest BCUT2D eigenvalue weighted by Crippen LogP contribution is 2.07. The maximum absolute atomic E-state index is 11.8. The number of carbonyl (C=O) groups excluding carboxylic acids is 1. The van der Waals surface area contributed by atoms with Crippen molar-refractivity contribution in [3.05, 3.63) is 23.9 Å². The van der Waals surface area contributed by atoms with Gasteiger partial charge in [-0.3, -0.25) is 9.79 Å². The van der Waals surface area contributed by atoms with Crippen LogP contribution in [0.25, 0.3) is 0 Å². The lowest BCUT2D eigenvalue weighted by molar-refractivity contribution is -0.121. The van der Waals surface area contributed by atoms with Crippen molar-refractivity contribution in [2.45, 2.75) is 32.9 Å². The van der Waals surface area contributed by atoms with Gasteiger partial charge in [0, 0.05) is 31.4 Å². The Labute approximate surface area is 154 Å². The number of rotatable bonds is 5. The molecule has 0 fully saturated rings. The minimum atomic E-state index is -0.247. The summed E-state index contributed by atoms with van der Waals surface area (Å²) < 4.78 is 5.08. The van der Waals surface area contributed by atoms with E-state index in [1.807, 2.05) is 32.9 Å². The summed E-state index contributed by atoms with van der Waals surface area (Å²) in [5.41, 5.74) is 0.762. The van der Waals surface area contributed by atoms with E-state index in [4.69, 9.17) is 4.74 Å². The van der Waals surface area contributed by atoms with E-state index in [0.29, 0.717) is 18.4 Å². The van der Waals surface area contributed by atoms with Crippen LogP contribution in [-0.4, -0.2) is 43.1 Å². The van der Waals surface area contributed by atoms with Gasteiger partial charge in [-0.25, -0.2) is 4.98 Å². The van der Waals surface area contributed by atoms with Crippen molar-refractivity contribution >= 4 is 35.8 Å². The van der Waals surface area contributed by atoms with E-state index in [0.717, 1.165) is 5.56 Å². The van der Waals surface area contributed by atoms with Crippen molar-refractivity contribution in [1.82, 2.24) is 20.9 Å². The van der Waals surface area contributed by atoms with Crippen LogP contribution in [0.3, 0.4) is 0 Å². The summed E-state index contributed by atoms with van der Waals surface area (Å²) in [6, 6.07) is 3.72.